The molecule has 2 N–H and O–H groups in total. The van der Waals surface area contributed by atoms with Crippen molar-refractivity contribution < 1.29 is 14.6 Å². The van der Waals surface area contributed by atoms with E-state index in [1.807, 2.05) is 6.92 Å². The summed E-state index contributed by atoms with van der Waals surface area (Å²) in [5.41, 5.74) is -0.0295. The third-order valence-electron chi connectivity index (χ3n) is 4.67. The molecule has 110 valence electrons. The predicted octanol–water partition coefficient (Wildman–Crippen LogP) is 1.36. The number of carbonyl (C=O) groups is 1. The highest BCUT2D eigenvalue weighted by Gasteiger charge is 2.47. The van der Waals surface area contributed by atoms with Crippen molar-refractivity contribution in [3.05, 3.63) is 0 Å². The zero-order valence-electron chi connectivity index (χ0n) is 12.2. The van der Waals surface area contributed by atoms with Crippen molar-refractivity contribution in [1.82, 2.24) is 10.2 Å². The number of hydrogen-bond acceptors (Lipinski definition) is 4. The van der Waals surface area contributed by atoms with E-state index in [4.69, 9.17) is 4.74 Å². The van der Waals surface area contributed by atoms with Crippen LogP contribution in [0.5, 0.6) is 0 Å². The van der Waals surface area contributed by atoms with Gasteiger partial charge in [-0.1, -0.05) is 13.8 Å². The van der Waals surface area contributed by atoms with Gasteiger partial charge >= 0.3 is 6.09 Å². The molecule has 0 radical (unpaired) electrons. The number of likely N-dealkylation sites (tertiary alicyclic amines) is 1. The number of aliphatic hydroxyl groups excluding tert-OH is 1. The Morgan fingerprint density at radius 2 is 2.05 bits per heavy atom. The van der Waals surface area contributed by atoms with Gasteiger partial charge in [-0.3, -0.25) is 0 Å². The first-order chi connectivity index (χ1) is 8.95. The van der Waals surface area contributed by atoms with E-state index in [0.29, 0.717) is 18.7 Å². The van der Waals surface area contributed by atoms with Gasteiger partial charge in [-0.2, -0.15) is 0 Å². The van der Waals surface area contributed by atoms with Gasteiger partial charge in [-0.05, 0) is 26.2 Å². The maximum atomic E-state index is 11.6. The van der Waals surface area contributed by atoms with Crippen molar-refractivity contribution >= 4 is 6.09 Å². The Balaban J connectivity index is 1.74. The monoisotopic (exact) mass is 270 g/mol. The lowest BCUT2D eigenvalue weighted by Crippen LogP contribution is -2.63. The zero-order valence-corrected chi connectivity index (χ0v) is 12.2. The standard InChI is InChI=1S/C14H26N2O3/c1-4-19-13(18)16-7-5-10(6-8-16)15-11-9-12(17)14(11,2)3/h10-12,15,17H,4-9H2,1-3H3. The van der Waals surface area contributed by atoms with Gasteiger partial charge in [0.2, 0.25) is 0 Å². The van der Waals surface area contributed by atoms with Crippen LogP contribution in [0.2, 0.25) is 0 Å². The summed E-state index contributed by atoms with van der Waals surface area (Å²) in [6.45, 7) is 7.99. The van der Waals surface area contributed by atoms with Crippen LogP contribution in [0.3, 0.4) is 0 Å². The smallest absolute Gasteiger partial charge is 0.409 e. The van der Waals surface area contributed by atoms with E-state index in [2.05, 4.69) is 19.2 Å². The van der Waals surface area contributed by atoms with E-state index >= 15 is 0 Å². The molecule has 0 aromatic rings. The van der Waals surface area contributed by atoms with Gasteiger partial charge in [0.05, 0.1) is 12.7 Å². The largest absolute Gasteiger partial charge is 0.450 e. The fourth-order valence-corrected chi connectivity index (χ4v) is 2.91. The molecule has 19 heavy (non-hydrogen) atoms. The van der Waals surface area contributed by atoms with Gasteiger partial charge in [0.25, 0.3) is 0 Å². The molecular formula is C14H26N2O3. The molecule has 1 aliphatic carbocycles. The van der Waals surface area contributed by atoms with Crippen molar-refractivity contribution in [2.75, 3.05) is 19.7 Å². The van der Waals surface area contributed by atoms with Gasteiger partial charge in [0, 0.05) is 30.6 Å². The molecule has 1 amide bonds. The van der Waals surface area contributed by atoms with Crippen molar-refractivity contribution in [3.63, 3.8) is 0 Å². The Morgan fingerprint density at radius 3 is 2.53 bits per heavy atom. The lowest BCUT2D eigenvalue weighted by atomic mass is 9.64. The lowest BCUT2D eigenvalue weighted by Gasteiger charge is -2.51. The first kappa shape index (κ1) is 14.6. The fourth-order valence-electron chi connectivity index (χ4n) is 2.91. The molecule has 1 aliphatic heterocycles. The van der Waals surface area contributed by atoms with Gasteiger partial charge in [0.1, 0.15) is 0 Å². The van der Waals surface area contributed by atoms with Crippen LogP contribution < -0.4 is 5.32 Å². The van der Waals surface area contributed by atoms with E-state index in [9.17, 15) is 9.90 Å². The SMILES string of the molecule is CCOC(=O)N1CCC(NC2CC(O)C2(C)C)CC1. The minimum Gasteiger partial charge on any atom is -0.450 e. The molecule has 0 aromatic carbocycles. The molecule has 2 unspecified atom stereocenters. The summed E-state index contributed by atoms with van der Waals surface area (Å²) in [5, 5.41) is 13.4. The molecule has 2 rings (SSSR count). The maximum Gasteiger partial charge on any atom is 0.409 e. The summed E-state index contributed by atoms with van der Waals surface area (Å²) in [4.78, 5) is 13.4. The third-order valence-corrected chi connectivity index (χ3v) is 4.67. The Labute approximate surface area is 115 Å². The molecule has 5 nitrogen and oxygen atoms in total. The number of ether oxygens (including phenoxy) is 1. The third kappa shape index (κ3) is 3.03. The Kier molecular flexibility index (Phi) is 4.36. The van der Waals surface area contributed by atoms with Gasteiger partial charge < -0.3 is 20.1 Å². The second-order valence-corrected chi connectivity index (χ2v) is 6.25. The molecule has 2 atom stereocenters. The molecular weight excluding hydrogens is 244 g/mol. The minimum atomic E-state index is -0.194. The number of piperidine rings is 1. The quantitative estimate of drug-likeness (QED) is 0.813. The Morgan fingerprint density at radius 1 is 1.42 bits per heavy atom. The van der Waals surface area contributed by atoms with Crippen LogP contribution in [0.1, 0.15) is 40.0 Å². The highest BCUT2D eigenvalue weighted by atomic mass is 16.6. The highest BCUT2D eigenvalue weighted by molar-refractivity contribution is 5.67. The Bertz CT molecular complexity index is 325. The molecule has 0 aromatic heterocycles. The number of aliphatic hydroxyl groups is 1. The van der Waals surface area contributed by atoms with Crippen molar-refractivity contribution in [2.45, 2.75) is 58.2 Å². The summed E-state index contributed by atoms with van der Waals surface area (Å²) in [6.07, 6.45) is 2.37. The minimum absolute atomic E-state index is 0.0295. The van der Waals surface area contributed by atoms with Crippen LogP contribution in [-0.4, -0.2) is 54.0 Å². The van der Waals surface area contributed by atoms with Crippen molar-refractivity contribution in [1.29, 1.82) is 0 Å². The molecule has 0 bridgehead atoms. The van der Waals surface area contributed by atoms with Crippen LogP contribution in [0, 0.1) is 5.41 Å². The van der Waals surface area contributed by atoms with E-state index in [1.165, 1.54) is 0 Å². The molecule has 2 aliphatic rings. The predicted molar refractivity (Wildman–Crippen MR) is 72.9 cm³/mol. The fraction of sp³-hybridized carbons (Fsp3) is 0.929. The number of rotatable bonds is 3. The maximum absolute atomic E-state index is 11.6. The summed E-state index contributed by atoms with van der Waals surface area (Å²) < 4.78 is 5.01. The zero-order chi connectivity index (χ0) is 14.0. The first-order valence-corrected chi connectivity index (χ1v) is 7.31. The molecule has 1 saturated heterocycles. The van der Waals surface area contributed by atoms with Crippen LogP contribution >= 0.6 is 0 Å². The second kappa shape index (κ2) is 5.67. The van der Waals surface area contributed by atoms with Crippen LogP contribution in [0.25, 0.3) is 0 Å². The highest BCUT2D eigenvalue weighted by Crippen LogP contribution is 2.41. The van der Waals surface area contributed by atoms with E-state index in [0.717, 1.165) is 32.4 Å². The topological polar surface area (TPSA) is 61.8 Å². The van der Waals surface area contributed by atoms with Crippen molar-refractivity contribution in [3.8, 4) is 0 Å². The van der Waals surface area contributed by atoms with Crippen LogP contribution in [-0.2, 0) is 4.74 Å². The van der Waals surface area contributed by atoms with Gasteiger partial charge in [-0.15, -0.1) is 0 Å². The first-order valence-electron chi connectivity index (χ1n) is 7.31. The average molecular weight is 270 g/mol. The van der Waals surface area contributed by atoms with E-state index < -0.39 is 0 Å². The molecule has 5 heteroatoms. The van der Waals surface area contributed by atoms with Gasteiger partial charge in [-0.25, -0.2) is 4.79 Å². The molecule has 2 fully saturated rings. The molecule has 1 saturated carbocycles. The number of nitrogens with zero attached hydrogens (tertiary/aromatic N) is 1. The van der Waals surface area contributed by atoms with E-state index in [-0.39, 0.29) is 17.6 Å². The molecule has 1 heterocycles. The molecule has 0 spiro atoms. The summed E-state index contributed by atoms with van der Waals surface area (Å²) >= 11 is 0. The Hall–Kier alpha value is -0.810. The summed E-state index contributed by atoms with van der Waals surface area (Å²) in [6, 6.07) is 0.837. The van der Waals surface area contributed by atoms with Crippen LogP contribution in [0.15, 0.2) is 0 Å². The van der Waals surface area contributed by atoms with Crippen molar-refractivity contribution in [2.24, 2.45) is 5.41 Å². The number of hydrogen-bond donors (Lipinski definition) is 2. The number of carbonyl (C=O) groups excluding carboxylic acids is 1. The number of amides is 1. The van der Waals surface area contributed by atoms with Gasteiger partial charge in [0.15, 0.2) is 0 Å². The average Bonchev–Trinajstić information content (AvgIpc) is 2.39. The lowest BCUT2D eigenvalue weighted by molar-refractivity contribution is -0.0775. The number of nitrogens with one attached hydrogen (secondary N) is 1. The van der Waals surface area contributed by atoms with Crippen LogP contribution in [0.4, 0.5) is 4.79 Å². The normalized spacial score (nSPS) is 30.8. The second-order valence-electron chi connectivity index (χ2n) is 6.25. The summed E-state index contributed by atoms with van der Waals surface area (Å²) in [5.74, 6) is 0. The summed E-state index contributed by atoms with van der Waals surface area (Å²) in [7, 11) is 0. The van der Waals surface area contributed by atoms with E-state index in [1.54, 1.807) is 4.90 Å².